The molecule has 4 atom stereocenters. The topological polar surface area (TPSA) is 61.0 Å². The molecule has 0 saturated heterocycles. The highest BCUT2D eigenvalue weighted by atomic mass is 15.1. The minimum Gasteiger partial charge on any atom is -0.311 e. The Balaban J connectivity index is 1.47. The van der Waals surface area contributed by atoms with Crippen LogP contribution in [0.2, 0.25) is 0 Å². The summed E-state index contributed by atoms with van der Waals surface area (Å²) in [6.45, 7) is 3.89. The van der Waals surface area contributed by atoms with Gasteiger partial charge in [0.2, 0.25) is 0 Å². The predicted molar refractivity (Wildman–Crippen MR) is 106 cm³/mol. The molecule has 2 fully saturated rings. The van der Waals surface area contributed by atoms with Gasteiger partial charge in [-0.25, -0.2) is 0 Å². The Bertz CT molecular complexity index is 518. The number of fused-ring (bicyclic) bond motifs is 4. The number of rotatable bonds is 0. The van der Waals surface area contributed by atoms with Crippen molar-refractivity contribution in [1.82, 2.24) is 26.3 Å². The Morgan fingerprint density at radius 1 is 0.615 bits per heavy atom. The molecule has 1 unspecified atom stereocenters. The maximum atomic E-state index is 4.89. The highest BCUT2D eigenvalue weighted by molar-refractivity contribution is 5.12. The molecule has 2 saturated carbocycles. The minimum atomic E-state index is 0.569. The van der Waals surface area contributed by atoms with Crippen LogP contribution in [-0.4, -0.2) is 42.2 Å². The summed E-state index contributed by atoms with van der Waals surface area (Å²) in [6.07, 6.45) is 10.5. The summed E-state index contributed by atoms with van der Waals surface area (Å²) < 4.78 is 0. The molecule has 0 amide bonds. The van der Waals surface area contributed by atoms with Crippen molar-refractivity contribution in [3.05, 3.63) is 29.6 Å². The molecule has 144 valence electrons. The van der Waals surface area contributed by atoms with Gasteiger partial charge in [0.05, 0.1) is 11.4 Å². The Labute approximate surface area is 158 Å². The lowest BCUT2D eigenvalue weighted by Crippen LogP contribution is -2.53. The molecule has 1 aromatic rings. The van der Waals surface area contributed by atoms with Crippen LogP contribution in [0.1, 0.15) is 62.8 Å². The summed E-state index contributed by atoms with van der Waals surface area (Å²) in [4.78, 5) is 4.89. The quantitative estimate of drug-likeness (QED) is 0.573. The van der Waals surface area contributed by atoms with Crippen LogP contribution in [0.15, 0.2) is 18.2 Å². The van der Waals surface area contributed by atoms with Crippen molar-refractivity contribution in [3.63, 3.8) is 0 Å². The summed E-state index contributed by atoms with van der Waals surface area (Å²) in [5, 5.41) is 15.2. The number of nitrogens with one attached hydrogen (secondary N) is 4. The van der Waals surface area contributed by atoms with Gasteiger partial charge in [0.15, 0.2) is 0 Å². The van der Waals surface area contributed by atoms with E-state index in [1.165, 1.54) is 62.8 Å². The van der Waals surface area contributed by atoms with Crippen molar-refractivity contribution >= 4 is 0 Å². The summed E-state index contributed by atoms with van der Waals surface area (Å²) in [6, 6.07) is 8.81. The monoisotopic (exact) mass is 357 g/mol. The zero-order valence-electron chi connectivity index (χ0n) is 16.0. The van der Waals surface area contributed by atoms with E-state index in [1.807, 2.05) is 0 Å². The number of hydrogen-bond donors (Lipinski definition) is 4. The maximum absolute atomic E-state index is 4.89. The van der Waals surface area contributed by atoms with E-state index in [9.17, 15) is 0 Å². The number of pyridine rings is 1. The van der Waals surface area contributed by atoms with Crippen LogP contribution < -0.4 is 21.3 Å². The second-order valence-corrected chi connectivity index (χ2v) is 8.29. The van der Waals surface area contributed by atoms with Gasteiger partial charge in [0, 0.05) is 50.3 Å². The van der Waals surface area contributed by atoms with E-state index >= 15 is 0 Å². The Kier molecular flexibility index (Phi) is 6.54. The molecule has 4 rings (SSSR count). The van der Waals surface area contributed by atoms with Crippen LogP contribution in [0.3, 0.4) is 0 Å². The second-order valence-electron chi connectivity index (χ2n) is 8.29. The zero-order valence-corrected chi connectivity index (χ0v) is 16.0. The molecule has 0 aromatic carbocycles. The van der Waals surface area contributed by atoms with Crippen LogP contribution in [0.25, 0.3) is 0 Å². The second kappa shape index (κ2) is 9.27. The molecule has 0 spiro atoms. The molecule has 4 N–H and O–H groups in total. The molecule has 0 radical (unpaired) electrons. The van der Waals surface area contributed by atoms with Crippen molar-refractivity contribution < 1.29 is 0 Å². The SMILES string of the molecule is c1cc2nc(c1)CN[C@@H]1CCCC[C@@H]1NCCNC1CCCC[C@@H]1NC2. The molecule has 1 aromatic heterocycles. The van der Waals surface area contributed by atoms with Gasteiger partial charge in [-0.2, -0.15) is 0 Å². The molecule has 5 nitrogen and oxygen atoms in total. The Morgan fingerprint density at radius 3 is 1.50 bits per heavy atom. The molecular weight excluding hydrogens is 322 g/mol. The molecule has 2 bridgehead atoms. The van der Waals surface area contributed by atoms with E-state index in [1.54, 1.807) is 0 Å². The highest BCUT2D eigenvalue weighted by Crippen LogP contribution is 2.20. The van der Waals surface area contributed by atoms with Gasteiger partial charge in [-0.15, -0.1) is 0 Å². The maximum Gasteiger partial charge on any atom is 0.0545 e. The molecule has 2 heterocycles. The number of hydrogen-bond acceptors (Lipinski definition) is 5. The summed E-state index contributed by atoms with van der Waals surface area (Å²) in [5.41, 5.74) is 2.34. The van der Waals surface area contributed by atoms with E-state index in [0.717, 1.165) is 26.2 Å². The van der Waals surface area contributed by atoms with E-state index in [2.05, 4.69) is 39.5 Å². The van der Waals surface area contributed by atoms with E-state index < -0.39 is 0 Å². The smallest absolute Gasteiger partial charge is 0.0545 e. The van der Waals surface area contributed by atoms with Crippen LogP contribution >= 0.6 is 0 Å². The first-order valence-corrected chi connectivity index (χ1v) is 10.8. The lowest BCUT2D eigenvalue weighted by Gasteiger charge is -2.34. The fourth-order valence-electron chi connectivity index (χ4n) is 4.95. The van der Waals surface area contributed by atoms with E-state index in [-0.39, 0.29) is 0 Å². The van der Waals surface area contributed by atoms with Crippen LogP contribution in [0.5, 0.6) is 0 Å². The van der Waals surface area contributed by atoms with Gasteiger partial charge in [-0.1, -0.05) is 31.7 Å². The predicted octanol–water partition coefficient (Wildman–Crippen LogP) is 2.08. The molecule has 1 aliphatic heterocycles. The molecule has 2 aliphatic carbocycles. The average Bonchev–Trinajstić information content (AvgIpc) is 2.69. The average molecular weight is 358 g/mol. The fraction of sp³-hybridized carbons (Fsp3) is 0.762. The Hall–Kier alpha value is -1.01. The molecule has 5 heteroatoms. The standard InChI is InChI=1S/C21H35N5/c1-3-10-20-18(8-1)22-12-13-23-19-9-2-4-11-21(19)25-15-17-7-5-6-16(26-17)14-24-20/h5-7,18-25H,1-4,8-15H2/t18-,19?,20+,21-/m0/s1. The molecule has 26 heavy (non-hydrogen) atoms. The molecule has 3 aliphatic rings. The van der Waals surface area contributed by atoms with Crippen molar-refractivity contribution in [2.45, 2.75) is 88.6 Å². The van der Waals surface area contributed by atoms with Crippen molar-refractivity contribution in [1.29, 1.82) is 0 Å². The minimum absolute atomic E-state index is 0.569. The van der Waals surface area contributed by atoms with Gasteiger partial charge >= 0.3 is 0 Å². The van der Waals surface area contributed by atoms with E-state index in [4.69, 9.17) is 4.98 Å². The normalized spacial score (nSPS) is 34.0. The zero-order chi connectivity index (χ0) is 17.6. The third-order valence-electron chi connectivity index (χ3n) is 6.43. The van der Waals surface area contributed by atoms with Crippen LogP contribution in [-0.2, 0) is 13.1 Å². The fourth-order valence-corrected chi connectivity index (χ4v) is 4.95. The third kappa shape index (κ3) is 4.83. The van der Waals surface area contributed by atoms with Crippen molar-refractivity contribution in [2.24, 2.45) is 0 Å². The van der Waals surface area contributed by atoms with Crippen LogP contribution in [0, 0.1) is 0 Å². The Morgan fingerprint density at radius 2 is 1.04 bits per heavy atom. The third-order valence-corrected chi connectivity index (χ3v) is 6.43. The van der Waals surface area contributed by atoms with Gasteiger partial charge < -0.3 is 21.3 Å². The van der Waals surface area contributed by atoms with Crippen molar-refractivity contribution in [2.75, 3.05) is 13.1 Å². The largest absolute Gasteiger partial charge is 0.311 e. The van der Waals surface area contributed by atoms with Gasteiger partial charge in [0.1, 0.15) is 0 Å². The molecular formula is C21H35N5. The van der Waals surface area contributed by atoms with Gasteiger partial charge in [-0.3, -0.25) is 4.98 Å². The summed E-state index contributed by atoms with van der Waals surface area (Å²) in [5.74, 6) is 0. The number of nitrogens with zero attached hydrogens (tertiary/aromatic N) is 1. The van der Waals surface area contributed by atoms with Gasteiger partial charge in [-0.05, 0) is 37.8 Å². The van der Waals surface area contributed by atoms with Crippen LogP contribution in [0.4, 0.5) is 0 Å². The highest BCUT2D eigenvalue weighted by Gasteiger charge is 2.26. The lowest BCUT2D eigenvalue weighted by molar-refractivity contribution is 0.266. The van der Waals surface area contributed by atoms with Crippen molar-refractivity contribution in [3.8, 4) is 0 Å². The van der Waals surface area contributed by atoms with E-state index in [0.29, 0.717) is 24.2 Å². The summed E-state index contributed by atoms with van der Waals surface area (Å²) >= 11 is 0. The van der Waals surface area contributed by atoms with Gasteiger partial charge in [0.25, 0.3) is 0 Å². The summed E-state index contributed by atoms with van der Waals surface area (Å²) in [7, 11) is 0. The number of aromatic nitrogens is 1. The first-order chi connectivity index (χ1) is 12.9. The first kappa shape index (κ1) is 18.4. The first-order valence-electron chi connectivity index (χ1n) is 10.8. The lowest BCUT2D eigenvalue weighted by atomic mass is 9.89.